The van der Waals surface area contributed by atoms with Gasteiger partial charge in [-0.15, -0.1) is 0 Å². The number of ether oxygens (including phenoxy) is 1. The summed E-state index contributed by atoms with van der Waals surface area (Å²) < 4.78 is 33.1. The predicted molar refractivity (Wildman–Crippen MR) is 174 cm³/mol. The molecule has 230 valence electrons. The molecule has 8 nitrogen and oxygen atoms in total. The number of fused-ring (bicyclic) bond motifs is 1. The number of methoxy groups -OCH3 is 1. The Kier molecular flexibility index (Phi) is 9.85. The lowest BCUT2D eigenvalue weighted by molar-refractivity contribution is -0.140. The van der Waals surface area contributed by atoms with Crippen LogP contribution in [0.15, 0.2) is 97.1 Å². The first-order chi connectivity index (χ1) is 21.2. The first-order valence-corrected chi connectivity index (χ1v) is 16.8. The second-order valence-electron chi connectivity index (χ2n) is 11.3. The molecule has 44 heavy (non-hydrogen) atoms. The zero-order valence-electron chi connectivity index (χ0n) is 25.2. The van der Waals surface area contributed by atoms with E-state index in [1.165, 1.54) is 4.90 Å². The Labute approximate surface area is 259 Å². The summed E-state index contributed by atoms with van der Waals surface area (Å²) in [6.07, 6.45) is 5.28. The van der Waals surface area contributed by atoms with Gasteiger partial charge in [-0.3, -0.25) is 13.9 Å². The summed E-state index contributed by atoms with van der Waals surface area (Å²) in [5, 5.41) is 4.77. The molecule has 0 aromatic heterocycles. The van der Waals surface area contributed by atoms with Gasteiger partial charge in [-0.1, -0.05) is 91.7 Å². The maximum atomic E-state index is 14.5. The quantitative estimate of drug-likeness (QED) is 0.234. The smallest absolute Gasteiger partial charge is 0.244 e. The number of sulfonamides is 1. The molecule has 9 heteroatoms. The van der Waals surface area contributed by atoms with E-state index in [4.69, 9.17) is 4.74 Å². The van der Waals surface area contributed by atoms with Crippen LogP contribution in [-0.4, -0.2) is 57.1 Å². The van der Waals surface area contributed by atoms with Gasteiger partial charge in [0.05, 0.1) is 19.1 Å². The fourth-order valence-corrected chi connectivity index (χ4v) is 6.77. The molecular formula is C35H39N3O5S. The van der Waals surface area contributed by atoms with Crippen LogP contribution < -0.4 is 14.4 Å². The molecule has 1 fully saturated rings. The van der Waals surface area contributed by atoms with E-state index in [0.717, 1.165) is 52.8 Å². The average Bonchev–Trinajstić information content (AvgIpc) is 3.54. The fourth-order valence-electron chi connectivity index (χ4n) is 5.91. The summed E-state index contributed by atoms with van der Waals surface area (Å²) in [7, 11) is -2.31. The number of benzene rings is 4. The van der Waals surface area contributed by atoms with Crippen LogP contribution in [0.1, 0.15) is 36.8 Å². The highest BCUT2D eigenvalue weighted by Crippen LogP contribution is 2.29. The van der Waals surface area contributed by atoms with Crippen molar-refractivity contribution in [3.05, 3.63) is 108 Å². The van der Waals surface area contributed by atoms with Crippen LogP contribution in [0.4, 0.5) is 5.69 Å². The summed E-state index contributed by atoms with van der Waals surface area (Å²) in [6.45, 7) is -0.364. The monoisotopic (exact) mass is 613 g/mol. The number of hydrogen-bond acceptors (Lipinski definition) is 5. The van der Waals surface area contributed by atoms with Crippen molar-refractivity contribution in [3.8, 4) is 5.75 Å². The zero-order valence-corrected chi connectivity index (χ0v) is 26.0. The van der Waals surface area contributed by atoms with Gasteiger partial charge in [0, 0.05) is 24.4 Å². The molecule has 1 aliphatic carbocycles. The van der Waals surface area contributed by atoms with E-state index in [2.05, 4.69) is 5.32 Å². The molecule has 1 N–H and O–H groups in total. The van der Waals surface area contributed by atoms with Crippen molar-refractivity contribution in [2.75, 3.05) is 24.2 Å². The molecule has 0 spiro atoms. The van der Waals surface area contributed by atoms with Crippen molar-refractivity contribution >= 4 is 38.3 Å². The zero-order chi connectivity index (χ0) is 31.1. The molecule has 1 saturated carbocycles. The number of anilines is 1. The Bertz CT molecular complexity index is 1700. The van der Waals surface area contributed by atoms with E-state index in [1.54, 1.807) is 19.2 Å². The van der Waals surface area contributed by atoms with Crippen LogP contribution in [0.5, 0.6) is 5.75 Å². The van der Waals surface area contributed by atoms with Crippen LogP contribution >= 0.6 is 0 Å². The third-order valence-corrected chi connectivity index (χ3v) is 9.30. The second kappa shape index (κ2) is 13.9. The van der Waals surface area contributed by atoms with Crippen molar-refractivity contribution < 1.29 is 22.7 Å². The van der Waals surface area contributed by atoms with Crippen LogP contribution in [0, 0.1) is 0 Å². The molecular weight excluding hydrogens is 574 g/mol. The topological polar surface area (TPSA) is 96.0 Å². The molecule has 0 saturated heterocycles. The molecule has 0 heterocycles. The molecule has 1 atom stereocenters. The molecule has 5 rings (SSSR count). The number of carbonyl (C=O) groups is 2. The molecule has 0 radical (unpaired) electrons. The van der Waals surface area contributed by atoms with Gasteiger partial charge >= 0.3 is 0 Å². The Morgan fingerprint density at radius 2 is 1.55 bits per heavy atom. The Morgan fingerprint density at radius 1 is 0.886 bits per heavy atom. The van der Waals surface area contributed by atoms with Crippen molar-refractivity contribution in [3.63, 3.8) is 0 Å². The van der Waals surface area contributed by atoms with Crippen molar-refractivity contribution in [2.45, 2.75) is 50.7 Å². The van der Waals surface area contributed by atoms with Gasteiger partial charge < -0.3 is 15.0 Å². The number of nitrogens with one attached hydrogen (secondary N) is 1. The highest BCUT2D eigenvalue weighted by atomic mass is 32.2. The van der Waals surface area contributed by atoms with E-state index >= 15 is 0 Å². The molecule has 0 unspecified atom stereocenters. The second-order valence-corrected chi connectivity index (χ2v) is 13.2. The predicted octanol–water partition coefficient (Wildman–Crippen LogP) is 5.31. The van der Waals surface area contributed by atoms with E-state index in [0.29, 0.717) is 16.8 Å². The molecule has 1 aliphatic rings. The van der Waals surface area contributed by atoms with Gasteiger partial charge in [0.2, 0.25) is 21.8 Å². The van der Waals surface area contributed by atoms with E-state index in [1.807, 2.05) is 84.9 Å². The van der Waals surface area contributed by atoms with Gasteiger partial charge in [0.25, 0.3) is 0 Å². The third kappa shape index (κ3) is 7.58. The minimum absolute atomic E-state index is 0.0535. The molecule has 4 aromatic carbocycles. The average molecular weight is 614 g/mol. The van der Waals surface area contributed by atoms with E-state index in [9.17, 15) is 18.0 Å². The summed E-state index contributed by atoms with van der Waals surface area (Å²) in [5.41, 5.74) is 2.08. The van der Waals surface area contributed by atoms with Crippen LogP contribution in [0.3, 0.4) is 0 Å². The van der Waals surface area contributed by atoms with Gasteiger partial charge in [-0.2, -0.15) is 0 Å². The SMILES string of the molecule is COc1cccc(CN(C(=O)CN(c2cccc3ccccc23)S(C)(=O)=O)[C@@H](Cc2ccccc2)C(=O)NC2CCCC2)c1. The first kappa shape index (κ1) is 31.1. The van der Waals surface area contributed by atoms with Crippen molar-refractivity contribution in [1.82, 2.24) is 10.2 Å². The summed E-state index contributed by atoms with van der Waals surface area (Å²) >= 11 is 0. The van der Waals surface area contributed by atoms with Gasteiger partial charge in [-0.05, 0) is 47.6 Å². The number of amides is 2. The van der Waals surface area contributed by atoms with Crippen LogP contribution in [-0.2, 0) is 32.6 Å². The lowest BCUT2D eigenvalue weighted by Crippen LogP contribution is -2.54. The molecule has 4 aromatic rings. The van der Waals surface area contributed by atoms with Crippen molar-refractivity contribution in [1.29, 1.82) is 0 Å². The molecule has 0 bridgehead atoms. The Hall–Kier alpha value is -4.37. The number of carbonyl (C=O) groups excluding carboxylic acids is 2. The Morgan fingerprint density at radius 3 is 2.27 bits per heavy atom. The Balaban J connectivity index is 1.55. The highest BCUT2D eigenvalue weighted by molar-refractivity contribution is 7.92. The highest BCUT2D eigenvalue weighted by Gasteiger charge is 2.34. The fraction of sp³-hybridized carbons (Fsp3) is 0.314. The van der Waals surface area contributed by atoms with Gasteiger partial charge in [-0.25, -0.2) is 8.42 Å². The summed E-state index contributed by atoms with van der Waals surface area (Å²) in [4.78, 5) is 30.0. The summed E-state index contributed by atoms with van der Waals surface area (Å²) in [6, 6.07) is 29.0. The third-order valence-electron chi connectivity index (χ3n) is 8.17. The molecule has 0 aliphatic heterocycles. The minimum Gasteiger partial charge on any atom is -0.497 e. The largest absolute Gasteiger partial charge is 0.497 e. The van der Waals surface area contributed by atoms with Crippen LogP contribution in [0.25, 0.3) is 10.8 Å². The number of rotatable bonds is 12. The standard InChI is InChI=1S/C35H39N3O5S/c1-43-30-19-10-14-27(22-30)24-37(33(23-26-12-4-3-5-13-26)35(40)36-29-17-7-8-18-29)34(39)25-38(44(2,41)42)32-21-11-16-28-15-6-9-20-31(28)32/h3-6,9-16,19-22,29,33H,7-8,17-18,23-25H2,1-2H3,(H,36,40)/t33-/m0/s1. The van der Waals surface area contributed by atoms with Crippen LogP contribution in [0.2, 0.25) is 0 Å². The normalized spacial score (nSPS) is 14.2. The number of nitrogens with zero attached hydrogens (tertiary/aromatic N) is 2. The minimum atomic E-state index is -3.88. The van der Waals surface area contributed by atoms with E-state index < -0.39 is 28.5 Å². The first-order valence-electron chi connectivity index (χ1n) is 14.9. The molecule has 2 amide bonds. The summed E-state index contributed by atoms with van der Waals surface area (Å²) in [5.74, 6) is -0.0971. The van der Waals surface area contributed by atoms with Gasteiger partial charge in [0.15, 0.2) is 0 Å². The maximum Gasteiger partial charge on any atom is 0.244 e. The lowest BCUT2D eigenvalue weighted by Gasteiger charge is -2.34. The van der Waals surface area contributed by atoms with Gasteiger partial charge in [0.1, 0.15) is 18.3 Å². The maximum absolute atomic E-state index is 14.5. The van der Waals surface area contributed by atoms with Crippen molar-refractivity contribution in [2.24, 2.45) is 0 Å². The lowest BCUT2D eigenvalue weighted by atomic mass is 10.0. The van der Waals surface area contributed by atoms with E-state index in [-0.39, 0.29) is 24.9 Å². The number of hydrogen-bond donors (Lipinski definition) is 1.